The number of nitrogens with one attached hydrogen (secondary N) is 1. The van der Waals surface area contributed by atoms with E-state index in [-0.39, 0.29) is 0 Å². The first-order valence-electron chi connectivity index (χ1n) is 7.63. The molecule has 1 aromatic heterocycles. The number of benzene rings is 1. The minimum Gasteiger partial charge on any atom is -0.370 e. The van der Waals surface area contributed by atoms with Gasteiger partial charge in [-0.1, -0.05) is 18.2 Å². The molecule has 1 atom stereocenters. The molecular formula is C17H22N4S. The first kappa shape index (κ1) is 15.1. The maximum absolute atomic E-state index is 5.97. The summed E-state index contributed by atoms with van der Waals surface area (Å²) in [4.78, 5) is 8.50. The molecule has 2 heterocycles. The second-order valence-corrected chi connectivity index (χ2v) is 6.66. The highest BCUT2D eigenvalue weighted by atomic mass is 32.1. The molecule has 22 heavy (non-hydrogen) atoms. The molecule has 1 aliphatic rings. The molecule has 3 rings (SSSR count). The summed E-state index contributed by atoms with van der Waals surface area (Å²) in [5, 5.41) is 5.32. The minimum atomic E-state index is 0.393. The fourth-order valence-corrected chi connectivity index (χ4v) is 3.59. The Labute approximate surface area is 135 Å². The van der Waals surface area contributed by atoms with Gasteiger partial charge in [-0.05, 0) is 42.5 Å². The summed E-state index contributed by atoms with van der Waals surface area (Å²) in [7, 11) is 0. The number of nitrogens with zero attached hydrogens (tertiary/aromatic N) is 2. The Balaban J connectivity index is 1.53. The van der Waals surface area contributed by atoms with Crippen molar-refractivity contribution in [2.75, 3.05) is 18.4 Å². The number of para-hydroxylation sites is 1. The molecule has 116 valence electrons. The van der Waals surface area contributed by atoms with E-state index in [0.29, 0.717) is 18.5 Å². The number of nitrogens with two attached hydrogens (primary N) is 1. The van der Waals surface area contributed by atoms with Crippen molar-refractivity contribution in [1.29, 1.82) is 0 Å². The number of fused-ring (bicyclic) bond motifs is 1. The molecule has 0 fully saturated rings. The zero-order valence-corrected chi connectivity index (χ0v) is 13.6. The van der Waals surface area contributed by atoms with Gasteiger partial charge in [0.05, 0.1) is 6.54 Å². The van der Waals surface area contributed by atoms with Crippen molar-refractivity contribution in [3.8, 4) is 0 Å². The van der Waals surface area contributed by atoms with Crippen LogP contribution in [0.2, 0.25) is 0 Å². The van der Waals surface area contributed by atoms with Gasteiger partial charge in [0.1, 0.15) is 0 Å². The third kappa shape index (κ3) is 3.67. The molecule has 4 nitrogen and oxygen atoms in total. The first-order valence-corrected chi connectivity index (χ1v) is 8.51. The second kappa shape index (κ2) is 6.94. The number of rotatable bonds is 4. The third-order valence-corrected chi connectivity index (χ3v) is 5.06. The van der Waals surface area contributed by atoms with E-state index < -0.39 is 0 Å². The zero-order chi connectivity index (χ0) is 15.4. The normalized spacial score (nSPS) is 17.0. The van der Waals surface area contributed by atoms with Crippen molar-refractivity contribution in [2.45, 2.75) is 25.9 Å². The quantitative estimate of drug-likeness (QED) is 0.674. The lowest BCUT2D eigenvalue weighted by Crippen LogP contribution is -2.39. The summed E-state index contributed by atoms with van der Waals surface area (Å²) < 4.78 is 0. The van der Waals surface area contributed by atoms with Crippen LogP contribution in [0.25, 0.3) is 0 Å². The van der Waals surface area contributed by atoms with Gasteiger partial charge in [-0.15, -0.1) is 11.3 Å². The van der Waals surface area contributed by atoms with Gasteiger partial charge in [0.25, 0.3) is 0 Å². The predicted molar refractivity (Wildman–Crippen MR) is 94.4 cm³/mol. The van der Waals surface area contributed by atoms with Crippen LogP contribution >= 0.6 is 11.3 Å². The Morgan fingerprint density at radius 2 is 2.18 bits per heavy atom. The zero-order valence-electron chi connectivity index (χ0n) is 12.8. The monoisotopic (exact) mass is 314 g/mol. The van der Waals surface area contributed by atoms with Crippen LogP contribution in [0, 0.1) is 0 Å². The average Bonchev–Trinajstić information content (AvgIpc) is 3.01. The smallest absolute Gasteiger partial charge is 0.193 e. The first-order chi connectivity index (χ1) is 10.7. The minimum absolute atomic E-state index is 0.393. The molecular weight excluding hydrogens is 292 g/mol. The summed E-state index contributed by atoms with van der Waals surface area (Å²) in [6, 6.07) is 12.5. The average molecular weight is 314 g/mol. The Bertz CT molecular complexity index is 635. The van der Waals surface area contributed by atoms with Crippen LogP contribution in [0.5, 0.6) is 0 Å². The van der Waals surface area contributed by atoms with E-state index in [4.69, 9.17) is 5.73 Å². The van der Waals surface area contributed by atoms with Crippen molar-refractivity contribution < 1.29 is 0 Å². The van der Waals surface area contributed by atoms with E-state index in [1.165, 1.54) is 10.4 Å². The van der Waals surface area contributed by atoms with Gasteiger partial charge in [-0.2, -0.15) is 0 Å². The van der Waals surface area contributed by atoms with Crippen LogP contribution in [-0.2, 0) is 13.0 Å². The largest absolute Gasteiger partial charge is 0.370 e. The van der Waals surface area contributed by atoms with Crippen LogP contribution in [0.1, 0.15) is 17.4 Å². The van der Waals surface area contributed by atoms with Gasteiger partial charge in [0, 0.05) is 29.7 Å². The maximum Gasteiger partial charge on any atom is 0.193 e. The van der Waals surface area contributed by atoms with E-state index in [2.05, 4.69) is 33.6 Å². The Morgan fingerprint density at radius 3 is 3.00 bits per heavy atom. The van der Waals surface area contributed by atoms with Crippen molar-refractivity contribution in [2.24, 2.45) is 10.7 Å². The van der Waals surface area contributed by atoms with Crippen LogP contribution in [0.4, 0.5) is 5.69 Å². The van der Waals surface area contributed by atoms with Gasteiger partial charge in [0.2, 0.25) is 0 Å². The number of anilines is 1. The van der Waals surface area contributed by atoms with Gasteiger partial charge >= 0.3 is 0 Å². The van der Waals surface area contributed by atoms with Gasteiger partial charge in [-0.3, -0.25) is 9.89 Å². The molecule has 0 aliphatic carbocycles. The molecule has 1 aliphatic heterocycles. The summed E-state index contributed by atoms with van der Waals surface area (Å²) in [6.07, 6.45) is 1.15. The van der Waals surface area contributed by atoms with E-state index in [9.17, 15) is 0 Å². The molecule has 0 saturated heterocycles. The predicted octanol–water partition coefficient (Wildman–Crippen LogP) is 2.92. The van der Waals surface area contributed by atoms with Crippen molar-refractivity contribution in [3.63, 3.8) is 0 Å². The summed E-state index contributed by atoms with van der Waals surface area (Å²) in [5.41, 5.74) is 8.41. The van der Waals surface area contributed by atoms with Crippen molar-refractivity contribution in [1.82, 2.24) is 4.90 Å². The lowest BCUT2D eigenvalue weighted by atomic mass is 10.1. The number of aliphatic imine (C=N–C) groups is 1. The van der Waals surface area contributed by atoms with E-state index in [1.807, 2.05) is 41.7 Å². The molecule has 1 unspecified atom stereocenters. The van der Waals surface area contributed by atoms with Crippen LogP contribution < -0.4 is 11.1 Å². The van der Waals surface area contributed by atoms with Gasteiger partial charge in [-0.25, -0.2) is 0 Å². The molecule has 2 aromatic rings. The van der Waals surface area contributed by atoms with Crippen molar-refractivity contribution in [3.05, 3.63) is 52.2 Å². The Hall–Kier alpha value is -1.85. The SMILES string of the molecule is CC(CN=C(N)Nc1ccccc1)N1CCc2sccc2C1. The number of hydrogen-bond acceptors (Lipinski definition) is 3. The van der Waals surface area contributed by atoms with Crippen LogP contribution in [0.3, 0.4) is 0 Å². The lowest BCUT2D eigenvalue weighted by Gasteiger charge is -2.31. The van der Waals surface area contributed by atoms with Gasteiger partial charge < -0.3 is 11.1 Å². The second-order valence-electron chi connectivity index (χ2n) is 5.66. The Morgan fingerprint density at radius 1 is 1.36 bits per heavy atom. The third-order valence-electron chi connectivity index (χ3n) is 4.03. The molecule has 0 spiro atoms. The summed E-state index contributed by atoms with van der Waals surface area (Å²) in [5.74, 6) is 0.478. The topological polar surface area (TPSA) is 53.6 Å². The molecule has 0 saturated carbocycles. The Kier molecular flexibility index (Phi) is 4.75. The molecule has 1 aromatic carbocycles. The fraction of sp³-hybridized carbons (Fsp3) is 0.353. The van der Waals surface area contributed by atoms with Gasteiger partial charge in [0.15, 0.2) is 5.96 Å². The summed E-state index contributed by atoms with van der Waals surface area (Å²) in [6.45, 7) is 5.07. The van der Waals surface area contributed by atoms with E-state index in [0.717, 1.165) is 25.2 Å². The summed E-state index contributed by atoms with van der Waals surface area (Å²) >= 11 is 1.87. The number of hydrogen-bond donors (Lipinski definition) is 2. The van der Waals surface area contributed by atoms with Crippen molar-refractivity contribution >= 4 is 23.0 Å². The molecule has 5 heteroatoms. The van der Waals surface area contributed by atoms with E-state index >= 15 is 0 Å². The van der Waals surface area contributed by atoms with Crippen LogP contribution in [0.15, 0.2) is 46.8 Å². The number of thiophene rings is 1. The maximum atomic E-state index is 5.97. The number of guanidine groups is 1. The fourth-order valence-electron chi connectivity index (χ4n) is 2.70. The standard InChI is InChI=1S/C17H22N4S/c1-13(21-9-7-16-14(12-21)8-10-22-16)11-19-17(18)20-15-5-3-2-4-6-15/h2-6,8,10,13H,7,9,11-12H2,1H3,(H3,18,19,20). The lowest BCUT2D eigenvalue weighted by molar-refractivity contribution is 0.197. The highest BCUT2D eigenvalue weighted by molar-refractivity contribution is 7.10. The molecule has 0 amide bonds. The molecule has 0 radical (unpaired) electrons. The molecule has 0 bridgehead atoms. The highest BCUT2D eigenvalue weighted by Crippen LogP contribution is 2.25. The highest BCUT2D eigenvalue weighted by Gasteiger charge is 2.21. The van der Waals surface area contributed by atoms with Crippen LogP contribution in [-0.4, -0.2) is 30.0 Å². The van der Waals surface area contributed by atoms with E-state index in [1.54, 1.807) is 0 Å². The molecule has 3 N–H and O–H groups in total.